The summed E-state index contributed by atoms with van der Waals surface area (Å²) in [6.45, 7) is 1.58. The summed E-state index contributed by atoms with van der Waals surface area (Å²) < 4.78 is 11.3. The second-order valence-corrected chi connectivity index (χ2v) is 6.65. The van der Waals surface area contributed by atoms with E-state index >= 15 is 0 Å². The van der Waals surface area contributed by atoms with Crippen molar-refractivity contribution in [3.05, 3.63) is 67.5 Å². The fourth-order valence-corrected chi connectivity index (χ4v) is 3.75. The van der Waals surface area contributed by atoms with Gasteiger partial charge in [0.25, 0.3) is 0 Å². The Hall–Kier alpha value is -3.05. The van der Waals surface area contributed by atoms with Crippen LogP contribution in [0.25, 0.3) is 0 Å². The third-order valence-electron chi connectivity index (χ3n) is 4.34. The molecule has 1 unspecified atom stereocenters. The Bertz CT molecular complexity index is 1100. The second kappa shape index (κ2) is 4.97. The van der Waals surface area contributed by atoms with Crippen LogP contribution in [0.5, 0.6) is 5.75 Å². The Morgan fingerprint density at radius 1 is 1.32 bits per heavy atom. The number of rotatable bonds is 0. The van der Waals surface area contributed by atoms with Crippen molar-refractivity contribution in [3.8, 4) is 11.8 Å². The minimum absolute atomic E-state index is 0.0572. The number of hydrogen-bond acceptors (Lipinski definition) is 6. The van der Waals surface area contributed by atoms with Gasteiger partial charge in [0.15, 0.2) is 5.41 Å². The Labute approximate surface area is 149 Å². The van der Waals surface area contributed by atoms with Gasteiger partial charge in [-0.2, -0.15) is 5.26 Å². The molecule has 124 valence electrons. The molecule has 4 rings (SSSR count). The molecule has 8 heteroatoms. The van der Waals surface area contributed by atoms with Gasteiger partial charge in [0.1, 0.15) is 28.7 Å². The predicted molar refractivity (Wildman–Crippen MR) is 90.7 cm³/mol. The molecule has 1 spiro atoms. The molecular formula is C17H10BrN3O4. The average molecular weight is 400 g/mol. The molecule has 1 aromatic heterocycles. The van der Waals surface area contributed by atoms with Crippen molar-refractivity contribution in [2.45, 2.75) is 12.3 Å². The van der Waals surface area contributed by atoms with Crippen LogP contribution in [-0.4, -0.2) is 5.91 Å². The van der Waals surface area contributed by atoms with E-state index in [1.807, 2.05) is 6.07 Å². The molecule has 2 aliphatic rings. The van der Waals surface area contributed by atoms with Crippen molar-refractivity contribution in [2.75, 3.05) is 5.32 Å². The molecule has 0 aliphatic carbocycles. The summed E-state index contributed by atoms with van der Waals surface area (Å²) in [5.74, 6) is -0.364. The molecule has 0 saturated carbocycles. The predicted octanol–water partition coefficient (Wildman–Crippen LogP) is 2.04. The molecule has 7 nitrogen and oxygen atoms in total. The van der Waals surface area contributed by atoms with Crippen molar-refractivity contribution >= 4 is 27.5 Å². The zero-order chi connectivity index (χ0) is 17.9. The Morgan fingerprint density at radius 3 is 2.80 bits per heavy atom. The van der Waals surface area contributed by atoms with Gasteiger partial charge in [-0.25, -0.2) is 4.79 Å². The summed E-state index contributed by atoms with van der Waals surface area (Å²) >= 11 is 3.36. The van der Waals surface area contributed by atoms with Crippen LogP contribution < -0.4 is 21.4 Å². The highest BCUT2D eigenvalue weighted by Gasteiger charge is 2.58. The average Bonchev–Trinajstić information content (AvgIpc) is 2.80. The van der Waals surface area contributed by atoms with Crippen molar-refractivity contribution in [1.82, 2.24) is 0 Å². The molecule has 0 radical (unpaired) electrons. The largest absolute Gasteiger partial charge is 0.440 e. The van der Waals surface area contributed by atoms with Crippen LogP contribution >= 0.6 is 15.9 Å². The fourth-order valence-electron chi connectivity index (χ4n) is 3.39. The number of halogens is 1. The summed E-state index contributed by atoms with van der Waals surface area (Å²) in [7, 11) is 0. The van der Waals surface area contributed by atoms with E-state index in [-0.39, 0.29) is 22.8 Å². The first-order valence-corrected chi connectivity index (χ1v) is 8.03. The van der Waals surface area contributed by atoms with Gasteiger partial charge in [0.2, 0.25) is 11.8 Å². The van der Waals surface area contributed by atoms with Crippen LogP contribution in [-0.2, 0) is 10.2 Å². The monoisotopic (exact) mass is 399 g/mol. The molecule has 1 amide bonds. The Kier molecular flexibility index (Phi) is 3.08. The zero-order valence-electron chi connectivity index (χ0n) is 12.8. The lowest BCUT2D eigenvalue weighted by atomic mass is 9.69. The Morgan fingerprint density at radius 2 is 2.08 bits per heavy atom. The van der Waals surface area contributed by atoms with E-state index in [1.165, 1.54) is 6.07 Å². The summed E-state index contributed by atoms with van der Waals surface area (Å²) in [4.78, 5) is 25.7. The number of nitrogens with zero attached hydrogens (tertiary/aromatic N) is 1. The first-order valence-electron chi connectivity index (χ1n) is 7.24. The third-order valence-corrected chi connectivity index (χ3v) is 4.83. The van der Waals surface area contributed by atoms with Gasteiger partial charge >= 0.3 is 5.63 Å². The minimum atomic E-state index is -1.71. The van der Waals surface area contributed by atoms with Gasteiger partial charge in [0.05, 0.1) is 0 Å². The van der Waals surface area contributed by atoms with Crippen molar-refractivity contribution in [2.24, 2.45) is 5.73 Å². The standard InChI is InChI=1S/C17H10BrN3O4/c1-7-4-12-13(15(22)24-7)17(10(6-19)14(20)25-12)9-5-8(18)2-3-11(9)21-16(17)23/h2-5H,20H2,1H3,(H,21,23). The maximum Gasteiger partial charge on any atom is 0.344 e. The van der Waals surface area contributed by atoms with Crippen LogP contribution in [0.3, 0.4) is 0 Å². The van der Waals surface area contributed by atoms with Crippen LogP contribution in [0.4, 0.5) is 5.69 Å². The number of nitrogens with one attached hydrogen (secondary N) is 1. The van der Waals surface area contributed by atoms with E-state index in [2.05, 4.69) is 21.2 Å². The van der Waals surface area contributed by atoms with Gasteiger partial charge in [-0.1, -0.05) is 15.9 Å². The number of ether oxygens (including phenoxy) is 1. The molecule has 1 atom stereocenters. The van der Waals surface area contributed by atoms with Crippen LogP contribution in [0.2, 0.25) is 0 Å². The molecule has 1 aromatic carbocycles. The molecule has 3 N–H and O–H groups in total. The lowest BCUT2D eigenvalue weighted by Crippen LogP contribution is -2.45. The van der Waals surface area contributed by atoms with E-state index in [0.717, 1.165) is 0 Å². The number of nitriles is 1. The SMILES string of the molecule is Cc1cc2c(c(=O)o1)C1(C(=O)Nc3ccc(Br)cc31)C(C#N)=C(N)O2. The number of hydrogen-bond donors (Lipinski definition) is 2. The quantitative estimate of drug-likeness (QED) is 0.699. The molecule has 0 fully saturated rings. The van der Waals surface area contributed by atoms with Gasteiger partial charge in [-0.3, -0.25) is 4.79 Å². The second-order valence-electron chi connectivity index (χ2n) is 5.73. The summed E-state index contributed by atoms with van der Waals surface area (Å²) in [6, 6.07) is 8.51. The maximum atomic E-state index is 13.0. The summed E-state index contributed by atoms with van der Waals surface area (Å²) in [5, 5.41) is 12.4. The molecule has 25 heavy (non-hydrogen) atoms. The lowest BCUT2D eigenvalue weighted by Gasteiger charge is -2.32. The molecule has 2 aliphatic heterocycles. The van der Waals surface area contributed by atoms with E-state index < -0.39 is 16.9 Å². The highest BCUT2D eigenvalue weighted by Crippen LogP contribution is 2.52. The van der Waals surface area contributed by atoms with Crippen molar-refractivity contribution in [3.63, 3.8) is 0 Å². The maximum absolute atomic E-state index is 13.0. The number of benzene rings is 1. The minimum Gasteiger partial charge on any atom is -0.440 e. The van der Waals surface area contributed by atoms with Gasteiger partial charge in [0, 0.05) is 21.8 Å². The number of amides is 1. The highest BCUT2D eigenvalue weighted by atomic mass is 79.9. The third kappa shape index (κ3) is 1.84. The highest BCUT2D eigenvalue weighted by molar-refractivity contribution is 9.10. The van der Waals surface area contributed by atoms with E-state index in [9.17, 15) is 14.9 Å². The van der Waals surface area contributed by atoms with Gasteiger partial charge < -0.3 is 20.2 Å². The number of nitrogens with two attached hydrogens (primary N) is 1. The van der Waals surface area contributed by atoms with Crippen LogP contribution in [0.1, 0.15) is 16.9 Å². The topological polar surface area (TPSA) is 118 Å². The molecule has 3 heterocycles. The molecular weight excluding hydrogens is 390 g/mol. The fraction of sp³-hybridized carbons (Fsp3) is 0.118. The number of carbonyl (C=O) groups is 1. The number of anilines is 1. The molecule has 2 aromatic rings. The van der Waals surface area contributed by atoms with Crippen LogP contribution in [0.15, 0.2) is 49.4 Å². The summed E-state index contributed by atoms with van der Waals surface area (Å²) in [5.41, 5.74) is 4.19. The molecule has 0 saturated heterocycles. The van der Waals surface area contributed by atoms with Gasteiger partial charge in [-0.15, -0.1) is 0 Å². The van der Waals surface area contributed by atoms with Crippen molar-refractivity contribution < 1.29 is 13.9 Å². The van der Waals surface area contributed by atoms with Crippen molar-refractivity contribution in [1.29, 1.82) is 5.26 Å². The first kappa shape index (κ1) is 15.5. The number of carbonyl (C=O) groups excluding carboxylic acids is 1. The van der Waals surface area contributed by atoms with E-state index in [4.69, 9.17) is 14.9 Å². The normalized spacial score (nSPS) is 20.6. The van der Waals surface area contributed by atoms with E-state index in [0.29, 0.717) is 21.5 Å². The number of aryl methyl sites for hydroxylation is 1. The number of fused-ring (bicyclic) bond motifs is 4. The Balaban J connectivity index is 2.22. The molecule has 0 bridgehead atoms. The smallest absolute Gasteiger partial charge is 0.344 e. The summed E-state index contributed by atoms with van der Waals surface area (Å²) in [6.07, 6.45) is 0. The van der Waals surface area contributed by atoms with Crippen LogP contribution in [0, 0.1) is 18.3 Å². The van der Waals surface area contributed by atoms with Gasteiger partial charge in [-0.05, 0) is 25.1 Å². The van der Waals surface area contributed by atoms with E-state index in [1.54, 1.807) is 25.1 Å². The zero-order valence-corrected chi connectivity index (χ0v) is 14.4. The lowest BCUT2D eigenvalue weighted by molar-refractivity contribution is -0.118. The first-order chi connectivity index (χ1) is 11.9.